The van der Waals surface area contributed by atoms with E-state index in [0.717, 1.165) is 57.3 Å². The van der Waals surface area contributed by atoms with Crippen molar-refractivity contribution in [2.45, 2.75) is 97.2 Å². The first-order valence-electron chi connectivity index (χ1n) is 9.02. The minimum atomic E-state index is -0.837. The highest BCUT2D eigenvalue weighted by atomic mass is 16.4. The van der Waals surface area contributed by atoms with Gasteiger partial charge in [0.25, 0.3) is 0 Å². The van der Waals surface area contributed by atoms with Gasteiger partial charge >= 0.3 is 0 Å². The van der Waals surface area contributed by atoms with Crippen LogP contribution in [0.25, 0.3) is 0 Å². The Bertz CT molecular complexity index is 337. The molecule has 0 aromatic heterocycles. The van der Waals surface area contributed by atoms with E-state index in [1.807, 2.05) is 0 Å². The summed E-state index contributed by atoms with van der Waals surface area (Å²) in [6.45, 7) is 11.4. The number of rotatable bonds is 2. The van der Waals surface area contributed by atoms with Crippen molar-refractivity contribution in [2.75, 3.05) is 0 Å². The van der Waals surface area contributed by atoms with E-state index in [-0.39, 0.29) is 0 Å². The monoisotopic (exact) mass is 296 g/mol. The third-order valence-corrected chi connectivity index (χ3v) is 6.70. The standard InChI is InChI=1S/C19H36O2/c1-14(2)15-6-10-18(20,11-7-15)19(21)12-8-16(9-13-19)17(3,4)5/h14-16,20-21H,6-13H2,1-5H3. The zero-order chi connectivity index (χ0) is 15.9. The van der Waals surface area contributed by atoms with Crippen LogP contribution in [-0.4, -0.2) is 21.4 Å². The van der Waals surface area contributed by atoms with Gasteiger partial charge in [-0.15, -0.1) is 0 Å². The minimum absolute atomic E-state index is 0.319. The Hall–Kier alpha value is -0.0800. The lowest BCUT2D eigenvalue weighted by molar-refractivity contribution is -0.194. The van der Waals surface area contributed by atoms with Crippen LogP contribution in [0, 0.1) is 23.2 Å². The zero-order valence-corrected chi connectivity index (χ0v) is 14.8. The highest BCUT2D eigenvalue weighted by Gasteiger charge is 2.52. The summed E-state index contributed by atoms with van der Waals surface area (Å²) in [5.41, 5.74) is -1.35. The molecule has 2 rings (SSSR count). The Morgan fingerprint density at radius 2 is 1.19 bits per heavy atom. The van der Waals surface area contributed by atoms with Gasteiger partial charge in [-0.05, 0) is 74.5 Å². The van der Waals surface area contributed by atoms with Crippen molar-refractivity contribution in [3.05, 3.63) is 0 Å². The van der Waals surface area contributed by atoms with Crippen LogP contribution >= 0.6 is 0 Å². The van der Waals surface area contributed by atoms with Gasteiger partial charge in [-0.1, -0.05) is 34.6 Å². The molecule has 0 aromatic rings. The average molecular weight is 296 g/mol. The van der Waals surface area contributed by atoms with Crippen molar-refractivity contribution in [1.29, 1.82) is 0 Å². The number of aliphatic hydroxyl groups is 2. The van der Waals surface area contributed by atoms with Crippen LogP contribution in [0.4, 0.5) is 0 Å². The topological polar surface area (TPSA) is 40.5 Å². The van der Waals surface area contributed by atoms with Gasteiger partial charge in [-0.25, -0.2) is 0 Å². The molecule has 21 heavy (non-hydrogen) atoms. The van der Waals surface area contributed by atoms with Crippen LogP contribution in [0.1, 0.15) is 86.0 Å². The maximum absolute atomic E-state index is 11.1. The van der Waals surface area contributed by atoms with Crippen LogP contribution in [0.2, 0.25) is 0 Å². The molecule has 2 aliphatic rings. The minimum Gasteiger partial charge on any atom is -0.387 e. The fraction of sp³-hybridized carbons (Fsp3) is 1.00. The predicted molar refractivity (Wildman–Crippen MR) is 88.1 cm³/mol. The molecule has 124 valence electrons. The van der Waals surface area contributed by atoms with Crippen LogP contribution in [0.3, 0.4) is 0 Å². The maximum atomic E-state index is 11.1. The second-order valence-electron chi connectivity index (χ2n) is 9.28. The molecule has 0 unspecified atom stereocenters. The molecule has 0 aromatic carbocycles. The van der Waals surface area contributed by atoms with Gasteiger partial charge in [0, 0.05) is 0 Å². The molecule has 2 saturated carbocycles. The second kappa shape index (κ2) is 5.85. The van der Waals surface area contributed by atoms with E-state index in [1.54, 1.807) is 0 Å². The summed E-state index contributed by atoms with van der Waals surface area (Å²) in [6.07, 6.45) is 7.36. The van der Waals surface area contributed by atoms with E-state index >= 15 is 0 Å². The third-order valence-electron chi connectivity index (χ3n) is 6.70. The molecule has 0 atom stereocenters. The molecule has 2 fully saturated rings. The Morgan fingerprint density at radius 3 is 1.52 bits per heavy atom. The molecule has 0 heterocycles. The van der Waals surface area contributed by atoms with E-state index in [0.29, 0.717) is 17.3 Å². The van der Waals surface area contributed by atoms with Crippen LogP contribution in [-0.2, 0) is 0 Å². The Balaban J connectivity index is 1.99. The van der Waals surface area contributed by atoms with Crippen LogP contribution in [0.5, 0.6) is 0 Å². The van der Waals surface area contributed by atoms with Crippen molar-refractivity contribution in [1.82, 2.24) is 0 Å². The molecule has 0 aliphatic heterocycles. The van der Waals surface area contributed by atoms with Gasteiger partial charge in [0.2, 0.25) is 0 Å². The van der Waals surface area contributed by atoms with Crippen molar-refractivity contribution in [3.63, 3.8) is 0 Å². The number of hydrogen-bond donors (Lipinski definition) is 2. The molecule has 0 spiro atoms. The van der Waals surface area contributed by atoms with Crippen molar-refractivity contribution in [2.24, 2.45) is 23.2 Å². The summed E-state index contributed by atoms with van der Waals surface area (Å²) in [5.74, 6) is 2.09. The Labute approximate surface area is 131 Å². The van der Waals surface area contributed by atoms with Crippen molar-refractivity contribution >= 4 is 0 Å². The highest BCUT2D eigenvalue weighted by molar-refractivity contribution is 5.05. The third kappa shape index (κ3) is 3.47. The summed E-state index contributed by atoms with van der Waals surface area (Å²) in [5, 5.41) is 22.2. The first-order valence-corrected chi connectivity index (χ1v) is 9.02. The molecule has 0 amide bonds. The molecule has 2 nitrogen and oxygen atoms in total. The quantitative estimate of drug-likeness (QED) is 0.786. The van der Waals surface area contributed by atoms with E-state index in [4.69, 9.17) is 0 Å². The summed E-state index contributed by atoms with van der Waals surface area (Å²) in [6, 6.07) is 0. The van der Waals surface area contributed by atoms with E-state index in [1.165, 1.54) is 0 Å². The summed E-state index contributed by atoms with van der Waals surface area (Å²) >= 11 is 0. The van der Waals surface area contributed by atoms with Crippen LogP contribution in [0.15, 0.2) is 0 Å². The smallest absolute Gasteiger partial charge is 0.0933 e. The lowest BCUT2D eigenvalue weighted by atomic mass is 9.60. The van der Waals surface area contributed by atoms with E-state index < -0.39 is 11.2 Å². The molecule has 0 bridgehead atoms. The van der Waals surface area contributed by atoms with Gasteiger partial charge in [0.15, 0.2) is 0 Å². The maximum Gasteiger partial charge on any atom is 0.0933 e. The van der Waals surface area contributed by atoms with E-state index in [9.17, 15) is 10.2 Å². The molecule has 2 N–H and O–H groups in total. The van der Waals surface area contributed by atoms with Gasteiger partial charge in [0.1, 0.15) is 0 Å². The predicted octanol–water partition coefficient (Wildman–Crippen LogP) is 4.53. The normalized spacial score (nSPS) is 42.3. The molecular weight excluding hydrogens is 260 g/mol. The lowest BCUT2D eigenvalue weighted by Gasteiger charge is -2.52. The van der Waals surface area contributed by atoms with Crippen LogP contribution < -0.4 is 0 Å². The van der Waals surface area contributed by atoms with Gasteiger partial charge in [-0.2, -0.15) is 0 Å². The van der Waals surface area contributed by atoms with Gasteiger partial charge in [-0.3, -0.25) is 0 Å². The largest absolute Gasteiger partial charge is 0.387 e. The first kappa shape index (κ1) is 17.3. The molecular formula is C19H36O2. The zero-order valence-electron chi connectivity index (χ0n) is 14.8. The Kier molecular flexibility index (Phi) is 4.81. The Morgan fingerprint density at radius 1 is 0.810 bits per heavy atom. The molecule has 2 heteroatoms. The first-order chi connectivity index (χ1) is 9.57. The lowest BCUT2D eigenvalue weighted by Crippen LogP contribution is -2.58. The van der Waals surface area contributed by atoms with Gasteiger partial charge < -0.3 is 10.2 Å². The number of hydrogen-bond acceptors (Lipinski definition) is 2. The molecule has 0 radical (unpaired) electrons. The highest BCUT2D eigenvalue weighted by Crippen LogP contribution is 2.50. The van der Waals surface area contributed by atoms with E-state index in [2.05, 4.69) is 34.6 Å². The second-order valence-corrected chi connectivity index (χ2v) is 9.28. The fourth-order valence-electron chi connectivity index (χ4n) is 4.68. The summed E-state index contributed by atoms with van der Waals surface area (Å²) < 4.78 is 0. The average Bonchev–Trinajstić information content (AvgIpc) is 2.38. The van der Waals surface area contributed by atoms with Crippen molar-refractivity contribution in [3.8, 4) is 0 Å². The molecule has 2 aliphatic carbocycles. The van der Waals surface area contributed by atoms with Gasteiger partial charge in [0.05, 0.1) is 11.2 Å². The SMILES string of the molecule is CC(C)C1CCC(O)(C2(O)CCC(C(C)(C)C)CC2)CC1. The fourth-order valence-corrected chi connectivity index (χ4v) is 4.68. The van der Waals surface area contributed by atoms with Crippen molar-refractivity contribution < 1.29 is 10.2 Å². The summed E-state index contributed by atoms with van der Waals surface area (Å²) in [4.78, 5) is 0. The summed E-state index contributed by atoms with van der Waals surface area (Å²) in [7, 11) is 0. The molecule has 0 saturated heterocycles.